The summed E-state index contributed by atoms with van der Waals surface area (Å²) in [5.41, 5.74) is 0. The number of nitrogens with zero attached hydrogens (tertiary/aromatic N) is 1. The van der Waals surface area contributed by atoms with Crippen LogP contribution < -0.4 is 0 Å². The highest BCUT2D eigenvalue weighted by Crippen LogP contribution is 2.35. The van der Waals surface area contributed by atoms with Crippen molar-refractivity contribution < 1.29 is 30.8 Å². The minimum atomic E-state index is -5.37. The molecule has 0 aliphatic carbocycles. The van der Waals surface area contributed by atoms with Crippen molar-refractivity contribution in [3.05, 3.63) is 0 Å². The third-order valence-electron chi connectivity index (χ3n) is 1.42. The molecule has 0 spiro atoms. The van der Waals surface area contributed by atoms with Crippen LogP contribution in [0, 0.1) is 0 Å². The number of halogens is 4. The molecule has 0 fully saturated rings. The first-order valence-electron chi connectivity index (χ1n) is 3.62. The molecule has 4 nitrogen and oxygen atoms in total. The third-order valence-corrected chi connectivity index (χ3v) is 3.16. The number of amides is 1. The van der Waals surface area contributed by atoms with E-state index >= 15 is 0 Å². The predicted octanol–water partition coefficient (Wildman–Crippen LogP) is 1.04. The zero-order chi connectivity index (χ0) is 12.5. The molecule has 0 aliphatic rings. The van der Waals surface area contributed by atoms with E-state index in [2.05, 4.69) is 0 Å². The van der Waals surface area contributed by atoms with Crippen LogP contribution in [-0.2, 0) is 14.8 Å². The first-order chi connectivity index (χ1) is 6.44. The molecule has 1 amide bonds. The van der Waals surface area contributed by atoms with Gasteiger partial charge in [-0.2, -0.15) is 17.2 Å². The van der Waals surface area contributed by atoms with E-state index in [1.54, 1.807) is 0 Å². The number of carbonyl (C=O) groups excluding carboxylic acids is 1. The van der Waals surface area contributed by atoms with Crippen LogP contribution in [0.25, 0.3) is 0 Å². The highest BCUT2D eigenvalue weighted by Gasteiger charge is 2.52. The van der Waals surface area contributed by atoms with E-state index in [0.29, 0.717) is 7.05 Å². The van der Waals surface area contributed by atoms with Gasteiger partial charge in [-0.1, -0.05) is 0 Å². The highest BCUT2D eigenvalue weighted by atomic mass is 32.2. The molecule has 0 radical (unpaired) electrons. The monoisotopic (exact) mass is 251 g/mol. The van der Waals surface area contributed by atoms with Gasteiger partial charge in [0.05, 0.1) is 6.42 Å². The lowest BCUT2D eigenvalue weighted by molar-refractivity contribution is -0.114. The van der Waals surface area contributed by atoms with E-state index in [0.717, 1.165) is 0 Å². The Bertz CT molecular complexity index is 335. The molecular weight excluding hydrogens is 242 g/mol. The third kappa shape index (κ3) is 3.33. The smallest absolute Gasteiger partial charge is 0.278 e. The average molecular weight is 251 g/mol. The number of rotatable bonds is 5. The van der Waals surface area contributed by atoms with Gasteiger partial charge in [-0.05, 0) is 6.92 Å². The first-order valence-corrected chi connectivity index (χ1v) is 5.06. The zero-order valence-corrected chi connectivity index (χ0v) is 8.69. The van der Waals surface area contributed by atoms with Crippen LogP contribution in [0.3, 0.4) is 0 Å². The van der Waals surface area contributed by atoms with Crippen molar-refractivity contribution >= 4 is 16.4 Å². The van der Waals surface area contributed by atoms with E-state index in [1.807, 2.05) is 0 Å². The van der Waals surface area contributed by atoms with Crippen LogP contribution in [-0.4, -0.2) is 37.4 Å². The lowest BCUT2D eigenvalue weighted by Crippen LogP contribution is -2.43. The van der Waals surface area contributed by atoms with Crippen molar-refractivity contribution in [3.63, 3.8) is 0 Å². The van der Waals surface area contributed by atoms with Crippen LogP contribution >= 0.6 is 0 Å². The molecule has 0 aromatic rings. The minimum absolute atomic E-state index is 0.164. The number of alkyl halides is 4. The van der Waals surface area contributed by atoms with E-state index < -0.39 is 34.0 Å². The molecule has 0 saturated heterocycles. The molecular formula is C6H9F4NO3S. The summed E-state index contributed by atoms with van der Waals surface area (Å²) in [7, 11) is -4.82. The summed E-state index contributed by atoms with van der Waals surface area (Å²) < 4.78 is 71.7. The van der Waals surface area contributed by atoms with Crippen molar-refractivity contribution in [3.8, 4) is 0 Å². The first kappa shape index (κ1) is 14.1. The summed E-state index contributed by atoms with van der Waals surface area (Å²) in [6.45, 7) is 0.164. The van der Waals surface area contributed by atoms with Gasteiger partial charge in [-0.3, -0.25) is 4.79 Å². The summed E-state index contributed by atoms with van der Waals surface area (Å²) in [5, 5.41) is -4.68. The van der Waals surface area contributed by atoms with Crippen molar-refractivity contribution in [1.29, 1.82) is 0 Å². The molecule has 9 heteroatoms. The molecule has 0 aromatic carbocycles. The van der Waals surface area contributed by atoms with Crippen LogP contribution in [0.15, 0.2) is 0 Å². The van der Waals surface area contributed by atoms with E-state index in [9.17, 15) is 30.8 Å². The fourth-order valence-electron chi connectivity index (χ4n) is 0.720. The fraction of sp³-hybridized carbons (Fsp3) is 0.833. The largest absolute Gasteiger partial charge is 0.370 e. The topological polar surface area (TPSA) is 54.5 Å². The van der Waals surface area contributed by atoms with Gasteiger partial charge < -0.3 is 0 Å². The van der Waals surface area contributed by atoms with Gasteiger partial charge >= 0.3 is 15.3 Å². The molecule has 0 heterocycles. The maximum absolute atomic E-state index is 12.9. The number of hydrogen-bond acceptors (Lipinski definition) is 3. The highest BCUT2D eigenvalue weighted by molar-refractivity contribution is 7.90. The molecule has 0 aromatic heterocycles. The molecule has 0 bridgehead atoms. The van der Waals surface area contributed by atoms with Gasteiger partial charge in [0.1, 0.15) is 0 Å². The summed E-state index contributed by atoms with van der Waals surface area (Å²) in [6.07, 6.45) is -2.56. The summed E-state index contributed by atoms with van der Waals surface area (Å²) in [4.78, 5) is 9.99. The Balaban J connectivity index is 5.12. The van der Waals surface area contributed by atoms with E-state index in [4.69, 9.17) is 0 Å². The Labute approximate surface area is 83.9 Å². The second kappa shape index (κ2) is 3.95. The van der Waals surface area contributed by atoms with Crippen LogP contribution in [0.4, 0.5) is 17.6 Å². The summed E-state index contributed by atoms with van der Waals surface area (Å²) >= 11 is 0. The van der Waals surface area contributed by atoms with E-state index in [-0.39, 0.29) is 11.2 Å². The second-order valence-corrected chi connectivity index (χ2v) is 5.13. The van der Waals surface area contributed by atoms with Gasteiger partial charge in [-0.25, -0.2) is 13.1 Å². The molecule has 15 heavy (non-hydrogen) atoms. The Morgan fingerprint density at radius 1 is 1.27 bits per heavy atom. The molecule has 0 atom stereocenters. The minimum Gasteiger partial charge on any atom is -0.278 e. The molecule has 0 rings (SSSR count). The van der Waals surface area contributed by atoms with Crippen molar-refractivity contribution in [2.45, 2.75) is 24.5 Å². The number of carbonyl (C=O) groups is 1. The molecule has 0 unspecified atom stereocenters. The van der Waals surface area contributed by atoms with Gasteiger partial charge in [0, 0.05) is 7.05 Å². The zero-order valence-electron chi connectivity index (χ0n) is 7.88. The van der Waals surface area contributed by atoms with Gasteiger partial charge in [0.25, 0.3) is 5.92 Å². The average Bonchev–Trinajstić information content (AvgIpc) is 1.97. The Morgan fingerprint density at radius 3 is 1.93 bits per heavy atom. The van der Waals surface area contributed by atoms with Gasteiger partial charge in [0.15, 0.2) is 0 Å². The van der Waals surface area contributed by atoms with Crippen LogP contribution in [0.2, 0.25) is 0 Å². The quantitative estimate of drug-likeness (QED) is 0.542. The standard InChI is InChI=1S/C6H9F4NO3S/c1-5(7,8)3-6(9,10)15(13,14)11(2)4-12/h4H,3H2,1-2H3. The summed E-state index contributed by atoms with van der Waals surface area (Å²) in [6, 6.07) is 0. The van der Waals surface area contributed by atoms with Crippen molar-refractivity contribution in [2.24, 2.45) is 0 Å². The van der Waals surface area contributed by atoms with Gasteiger partial charge in [0.2, 0.25) is 6.41 Å². The molecule has 0 N–H and O–H groups in total. The second-order valence-electron chi connectivity index (χ2n) is 3.01. The Morgan fingerprint density at radius 2 is 1.67 bits per heavy atom. The number of sulfonamides is 1. The molecule has 0 saturated carbocycles. The Hall–Kier alpha value is -0.860. The Kier molecular flexibility index (Phi) is 3.72. The van der Waals surface area contributed by atoms with E-state index in [1.165, 1.54) is 0 Å². The lowest BCUT2D eigenvalue weighted by atomic mass is 10.3. The maximum atomic E-state index is 12.9. The van der Waals surface area contributed by atoms with Crippen LogP contribution in [0.1, 0.15) is 13.3 Å². The van der Waals surface area contributed by atoms with Crippen LogP contribution in [0.5, 0.6) is 0 Å². The fourth-order valence-corrected chi connectivity index (χ4v) is 1.69. The van der Waals surface area contributed by atoms with Crippen molar-refractivity contribution in [2.75, 3.05) is 7.05 Å². The lowest BCUT2D eigenvalue weighted by Gasteiger charge is -2.23. The molecule has 90 valence electrons. The molecule has 0 aliphatic heterocycles. The predicted molar refractivity (Wildman–Crippen MR) is 42.9 cm³/mol. The summed E-state index contributed by atoms with van der Waals surface area (Å²) in [5.74, 6) is -3.85. The maximum Gasteiger partial charge on any atom is 0.370 e. The SMILES string of the molecule is CN(C=O)S(=O)(=O)C(F)(F)CC(C)(F)F. The van der Waals surface area contributed by atoms with Gasteiger partial charge in [-0.15, -0.1) is 0 Å². The van der Waals surface area contributed by atoms with Crippen molar-refractivity contribution in [1.82, 2.24) is 4.31 Å². The normalized spacial score (nSPS) is 13.7. The number of hydrogen-bond donors (Lipinski definition) is 0.